The Morgan fingerprint density at radius 2 is 1.85 bits per heavy atom. The van der Waals surface area contributed by atoms with Gasteiger partial charge in [-0.15, -0.1) is 0 Å². The van der Waals surface area contributed by atoms with E-state index in [1.165, 1.54) is 32.4 Å². The van der Waals surface area contributed by atoms with Crippen molar-refractivity contribution in [2.24, 2.45) is 11.8 Å². The van der Waals surface area contributed by atoms with Crippen molar-refractivity contribution < 1.29 is 4.79 Å². The molecule has 4 nitrogen and oxygen atoms in total. The second-order valence-electron chi connectivity index (χ2n) is 6.48. The molecule has 1 amide bonds. The SMILES string of the molecule is O=C(c1ccccn1)N1CC(N2CC3CCCC3C2)C1. The molecule has 3 fully saturated rings. The third-order valence-corrected chi connectivity index (χ3v) is 5.30. The van der Waals surface area contributed by atoms with Crippen molar-refractivity contribution in [3.8, 4) is 0 Å². The highest BCUT2D eigenvalue weighted by Crippen LogP contribution is 2.39. The minimum Gasteiger partial charge on any atom is -0.334 e. The lowest BCUT2D eigenvalue weighted by Crippen LogP contribution is -2.60. The van der Waals surface area contributed by atoms with Gasteiger partial charge in [-0.25, -0.2) is 0 Å². The fraction of sp³-hybridized carbons (Fsp3) is 0.625. The van der Waals surface area contributed by atoms with E-state index in [9.17, 15) is 4.79 Å². The van der Waals surface area contributed by atoms with Crippen LogP contribution in [0, 0.1) is 11.8 Å². The van der Waals surface area contributed by atoms with Gasteiger partial charge in [-0.1, -0.05) is 12.5 Å². The van der Waals surface area contributed by atoms with Gasteiger partial charge in [0.2, 0.25) is 0 Å². The second kappa shape index (κ2) is 4.85. The highest BCUT2D eigenvalue weighted by Gasteiger charge is 2.43. The van der Waals surface area contributed by atoms with Crippen LogP contribution >= 0.6 is 0 Å². The molecule has 2 aliphatic heterocycles. The van der Waals surface area contributed by atoms with E-state index in [1.807, 2.05) is 17.0 Å². The predicted molar refractivity (Wildman–Crippen MR) is 76.3 cm³/mol. The second-order valence-corrected chi connectivity index (χ2v) is 6.48. The first kappa shape index (κ1) is 12.3. The molecule has 3 aliphatic rings. The van der Waals surface area contributed by atoms with Gasteiger partial charge in [0.1, 0.15) is 5.69 Å². The molecule has 20 heavy (non-hydrogen) atoms. The minimum atomic E-state index is 0.0845. The van der Waals surface area contributed by atoms with Crippen LogP contribution in [0.1, 0.15) is 29.8 Å². The van der Waals surface area contributed by atoms with Crippen molar-refractivity contribution in [2.75, 3.05) is 26.2 Å². The number of carbonyl (C=O) groups excluding carboxylic acids is 1. The fourth-order valence-electron chi connectivity index (χ4n) is 4.07. The van der Waals surface area contributed by atoms with Crippen LogP contribution in [0.3, 0.4) is 0 Å². The first-order valence-electron chi connectivity index (χ1n) is 7.75. The molecule has 2 unspecified atom stereocenters. The van der Waals surface area contributed by atoms with Crippen molar-refractivity contribution in [3.05, 3.63) is 30.1 Å². The van der Waals surface area contributed by atoms with Gasteiger partial charge in [0.05, 0.1) is 0 Å². The molecule has 106 valence electrons. The molecule has 0 aromatic carbocycles. The standard InChI is InChI=1S/C16H21N3O/c20-16(15-6-1-2-7-17-15)19-10-14(11-19)18-8-12-4-3-5-13(12)9-18/h1-2,6-7,12-14H,3-5,8-11H2. The van der Waals surface area contributed by atoms with Gasteiger partial charge >= 0.3 is 0 Å². The van der Waals surface area contributed by atoms with E-state index >= 15 is 0 Å². The number of likely N-dealkylation sites (tertiary alicyclic amines) is 2. The quantitative estimate of drug-likeness (QED) is 0.820. The number of rotatable bonds is 2. The average Bonchev–Trinajstić information content (AvgIpc) is 2.99. The smallest absolute Gasteiger partial charge is 0.272 e. The van der Waals surface area contributed by atoms with E-state index < -0.39 is 0 Å². The first-order valence-corrected chi connectivity index (χ1v) is 7.75. The molecule has 1 aromatic heterocycles. The van der Waals surface area contributed by atoms with E-state index in [4.69, 9.17) is 0 Å². The number of amides is 1. The Morgan fingerprint density at radius 1 is 1.10 bits per heavy atom. The molecule has 2 saturated heterocycles. The minimum absolute atomic E-state index is 0.0845. The number of carbonyl (C=O) groups is 1. The van der Waals surface area contributed by atoms with E-state index in [2.05, 4.69) is 9.88 Å². The maximum atomic E-state index is 12.2. The lowest BCUT2D eigenvalue weighted by molar-refractivity contribution is 0.0308. The van der Waals surface area contributed by atoms with Crippen LogP contribution in [0.15, 0.2) is 24.4 Å². The number of hydrogen-bond acceptors (Lipinski definition) is 3. The Hall–Kier alpha value is -1.42. The molecular formula is C16H21N3O. The largest absolute Gasteiger partial charge is 0.334 e. The predicted octanol–water partition coefficient (Wildman–Crippen LogP) is 1.64. The highest BCUT2D eigenvalue weighted by molar-refractivity contribution is 5.92. The summed E-state index contributed by atoms with van der Waals surface area (Å²) in [6.07, 6.45) is 5.96. The molecule has 4 heteroatoms. The molecule has 3 heterocycles. The molecule has 1 saturated carbocycles. The molecule has 0 radical (unpaired) electrons. The summed E-state index contributed by atoms with van der Waals surface area (Å²) in [6, 6.07) is 6.11. The Morgan fingerprint density at radius 3 is 2.50 bits per heavy atom. The van der Waals surface area contributed by atoms with Crippen LogP contribution in [-0.4, -0.2) is 52.9 Å². The van der Waals surface area contributed by atoms with Crippen LogP contribution in [0.25, 0.3) is 0 Å². The Balaban J connectivity index is 1.33. The van der Waals surface area contributed by atoms with Crippen LogP contribution in [0.4, 0.5) is 0 Å². The maximum Gasteiger partial charge on any atom is 0.272 e. The van der Waals surface area contributed by atoms with Crippen LogP contribution in [0.2, 0.25) is 0 Å². The number of hydrogen-bond donors (Lipinski definition) is 0. The summed E-state index contributed by atoms with van der Waals surface area (Å²) in [5.74, 6) is 1.97. The van der Waals surface area contributed by atoms with Gasteiger partial charge in [0.25, 0.3) is 5.91 Å². The Labute approximate surface area is 119 Å². The zero-order valence-electron chi connectivity index (χ0n) is 11.7. The van der Waals surface area contributed by atoms with Crippen molar-refractivity contribution >= 4 is 5.91 Å². The van der Waals surface area contributed by atoms with Crippen molar-refractivity contribution in [2.45, 2.75) is 25.3 Å². The zero-order valence-corrected chi connectivity index (χ0v) is 11.7. The summed E-state index contributed by atoms with van der Waals surface area (Å²) < 4.78 is 0. The molecular weight excluding hydrogens is 250 g/mol. The van der Waals surface area contributed by atoms with Crippen molar-refractivity contribution in [3.63, 3.8) is 0 Å². The van der Waals surface area contributed by atoms with E-state index in [-0.39, 0.29) is 5.91 Å². The normalized spacial score (nSPS) is 30.3. The van der Waals surface area contributed by atoms with Gasteiger partial charge < -0.3 is 4.90 Å². The van der Waals surface area contributed by atoms with E-state index in [0.29, 0.717) is 11.7 Å². The van der Waals surface area contributed by atoms with Gasteiger partial charge in [-0.3, -0.25) is 14.7 Å². The molecule has 1 aliphatic carbocycles. The van der Waals surface area contributed by atoms with Crippen LogP contribution in [-0.2, 0) is 0 Å². The zero-order chi connectivity index (χ0) is 13.5. The molecule has 1 aromatic rings. The monoisotopic (exact) mass is 271 g/mol. The van der Waals surface area contributed by atoms with E-state index in [0.717, 1.165) is 24.9 Å². The number of aromatic nitrogens is 1. The van der Waals surface area contributed by atoms with Crippen molar-refractivity contribution in [1.82, 2.24) is 14.8 Å². The first-order chi connectivity index (χ1) is 9.81. The molecule has 0 spiro atoms. The number of nitrogens with zero attached hydrogens (tertiary/aromatic N) is 3. The summed E-state index contributed by atoms with van der Waals surface area (Å²) in [4.78, 5) is 20.9. The van der Waals surface area contributed by atoms with Gasteiger partial charge in [-0.2, -0.15) is 0 Å². The Bertz CT molecular complexity index is 486. The van der Waals surface area contributed by atoms with Crippen LogP contribution < -0.4 is 0 Å². The molecule has 4 rings (SSSR count). The van der Waals surface area contributed by atoms with Crippen molar-refractivity contribution in [1.29, 1.82) is 0 Å². The topological polar surface area (TPSA) is 36.4 Å². The molecule has 0 N–H and O–H groups in total. The lowest BCUT2D eigenvalue weighted by Gasteiger charge is -2.44. The summed E-state index contributed by atoms with van der Waals surface area (Å²) in [5, 5.41) is 0. The number of fused-ring (bicyclic) bond motifs is 1. The van der Waals surface area contributed by atoms with E-state index in [1.54, 1.807) is 12.3 Å². The van der Waals surface area contributed by atoms with Gasteiger partial charge in [0, 0.05) is 38.4 Å². The molecule has 2 atom stereocenters. The fourth-order valence-corrected chi connectivity index (χ4v) is 4.07. The third kappa shape index (κ3) is 2.03. The van der Waals surface area contributed by atoms with Gasteiger partial charge in [-0.05, 0) is 36.8 Å². The highest BCUT2D eigenvalue weighted by atomic mass is 16.2. The summed E-state index contributed by atoms with van der Waals surface area (Å²) in [7, 11) is 0. The Kier molecular flexibility index (Phi) is 2.99. The van der Waals surface area contributed by atoms with Crippen LogP contribution in [0.5, 0.6) is 0 Å². The summed E-state index contributed by atoms with van der Waals surface area (Å²) >= 11 is 0. The lowest BCUT2D eigenvalue weighted by atomic mass is 10.0. The summed E-state index contributed by atoms with van der Waals surface area (Å²) in [5.41, 5.74) is 0.573. The average molecular weight is 271 g/mol. The number of pyridine rings is 1. The third-order valence-electron chi connectivity index (χ3n) is 5.30. The maximum absolute atomic E-state index is 12.2. The molecule has 0 bridgehead atoms. The summed E-state index contributed by atoms with van der Waals surface area (Å²) in [6.45, 7) is 4.30. The van der Waals surface area contributed by atoms with Gasteiger partial charge in [0.15, 0.2) is 0 Å².